The molecule has 3 amide bonds. The monoisotopic (exact) mass is 407 g/mol. The Labute approximate surface area is 172 Å². The lowest BCUT2D eigenvalue weighted by atomic mass is 9.99. The van der Waals surface area contributed by atoms with Gasteiger partial charge in [-0.25, -0.2) is 9.48 Å². The summed E-state index contributed by atoms with van der Waals surface area (Å²) >= 11 is 0. The molecular weight excluding hydrogens is 386 g/mol. The number of carbonyl (C=O) groups is 3. The van der Waals surface area contributed by atoms with Crippen LogP contribution in [0.5, 0.6) is 0 Å². The van der Waals surface area contributed by atoms with Gasteiger partial charge in [0.15, 0.2) is 0 Å². The van der Waals surface area contributed by atoms with Crippen LogP contribution in [-0.4, -0.2) is 62.7 Å². The Morgan fingerprint density at radius 2 is 1.87 bits per heavy atom. The molecule has 0 spiro atoms. The van der Waals surface area contributed by atoms with Gasteiger partial charge in [0.05, 0.1) is 17.2 Å². The van der Waals surface area contributed by atoms with E-state index in [1.54, 1.807) is 28.8 Å². The van der Waals surface area contributed by atoms with Gasteiger partial charge < -0.3 is 20.6 Å². The van der Waals surface area contributed by atoms with Gasteiger partial charge in [-0.1, -0.05) is 24.3 Å². The zero-order valence-corrected chi connectivity index (χ0v) is 16.4. The molecule has 0 unspecified atom stereocenters. The van der Waals surface area contributed by atoms with Gasteiger partial charge in [0, 0.05) is 38.3 Å². The number of carboxylic acid groups (broad SMARTS) is 1. The number of benzene rings is 2. The highest BCUT2D eigenvalue weighted by molar-refractivity contribution is 6.04. The predicted octanol–water partition coefficient (Wildman–Crippen LogP) is 1.69. The molecule has 9 nitrogen and oxygen atoms in total. The van der Waals surface area contributed by atoms with Crippen LogP contribution in [0.3, 0.4) is 0 Å². The number of likely N-dealkylation sites (tertiary alicyclic amines) is 1. The third-order valence-corrected chi connectivity index (χ3v) is 5.30. The summed E-state index contributed by atoms with van der Waals surface area (Å²) in [6.07, 6.45) is 0.837. The Hall–Kier alpha value is -3.88. The maximum atomic E-state index is 12.4. The number of hydrogen-bond donors (Lipinski definition) is 2. The fraction of sp³-hybridized carbons (Fsp3) is 0.238. The molecule has 1 aliphatic heterocycles. The van der Waals surface area contributed by atoms with E-state index in [0.717, 1.165) is 16.6 Å². The number of hydrogen-bond acceptors (Lipinski definition) is 4. The Bertz CT molecular complexity index is 1130. The quantitative estimate of drug-likeness (QED) is 0.667. The minimum atomic E-state index is -0.994. The number of aromatic nitrogens is 2. The van der Waals surface area contributed by atoms with Crippen molar-refractivity contribution in [2.24, 2.45) is 11.7 Å². The third kappa shape index (κ3) is 3.57. The highest BCUT2D eigenvalue weighted by atomic mass is 16.4. The minimum absolute atomic E-state index is 0.0612. The summed E-state index contributed by atoms with van der Waals surface area (Å²) in [5.41, 5.74) is 8.11. The van der Waals surface area contributed by atoms with Crippen LogP contribution in [0.1, 0.15) is 15.9 Å². The van der Waals surface area contributed by atoms with Crippen LogP contribution in [0.2, 0.25) is 0 Å². The number of amides is 3. The number of rotatable bonds is 5. The molecule has 1 fully saturated rings. The van der Waals surface area contributed by atoms with Gasteiger partial charge in [0.25, 0.3) is 5.91 Å². The molecule has 2 aromatic carbocycles. The van der Waals surface area contributed by atoms with E-state index in [2.05, 4.69) is 5.10 Å². The molecule has 0 radical (unpaired) electrons. The smallest absolute Gasteiger partial charge is 0.407 e. The van der Waals surface area contributed by atoms with Crippen LogP contribution in [0.15, 0.2) is 48.7 Å². The molecule has 1 saturated heterocycles. The molecule has 0 saturated carbocycles. The number of nitrogens with zero attached hydrogens (tertiary/aromatic N) is 4. The van der Waals surface area contributed by atoms with Crippen LogP contribution in [0, 0.1) is 5.92 Å². The number of fused-ring (bicyclic) bond motifs is 1. The molecule has 0 atom stereocenters. The summed E-state index contributed by atoms with van der Waals surface area (Å²) < 4.78 is 1.69. The van der Waals surface area contributed by atoms with E-state index in [4.69, 9.17) is 10.8 Å². The van der Waals surface area contributed by atoms with Crippen molar-refractivity contribution in [1.82, 2.24) is 19.6 Å². The Morgan fingerprint density at radius 1 is 1.17 bits per heavy atom. The fourth-order valence-electron chi connectivity index (χ4n) is 3.59. The molecule has 4 rings (SSSR count). The first-order valence-corrected chi connectivity index (χ1v) is 9.44. The van der Waals surface area contributed by atoms with Crippen molar-refractivity contribution < 1.29 is 19.5 Å². The summed E-state index contributed by atoms with van der Waals surface area (Å²) in [7, 11) is 1.71. The predicted molar refractivity (Wildman–Crippen MR) is 109 cm³/mol. The Kier molecular flexibility index (Phi) is 4.86. The Morgan fingerprint density at radius 3 is 2.50 bits per heavy atom. The van der Waals surface area contributed by atoms with Gasteiger partial charge in [-0.3, -0.25) is 9.59 Å². The van der Waals surface area contributed by atoms with E-state index >= 15 is 0 Å². The van der Waals surface area contributed by atoms with E-state index in [1.807, 2.05) is 36.5 Å². The van der Waals surface area contributed by atoms with Gasteiger partial charge in [0.1, 0.15) is 5.52 Å². The molecule has 30 heavy (non-hydrogen) atoms. The van der Waals surface area contributed by atoms with E-state index in [9.17, 15) is 14.4 Å². The van der Waals surface area contributed by atoms with Gasteiger partial charge in [0.2, 0.25) is 5.91 Å². The van der Waals surface area contributed by atoms with Gasteiger partial charge in [-0.05, 0) is 23.8 Å². The van der Waals surface area contributed by atoms with Crippen molar-refractivity contribution in [3.8, 4) is 5.69 Å². The summed E-state index contributed by atoms with van der Waals surface area (Å²) in [5.74, 6) is -0.859. The molecule has 2 heterocycles. The molecule has 3 aromatic rings. The van der Waals surface area contributed by atoms with Crippen molar-refractivity contribution in [3.63, 3.8) is 0 Å². The van der Waals surface area contributed by atoms with Crippen molar-refractivity contribution in [2.75, 3.05) is 20.1 Å². The lowest BCUT2D eigenvalue weighted by Crippen LogP contribution is -2.55. The number of primary amides is 1. The zero-order valence-electron chi connectivity index (χ0n) is 16.4. The Balaban J connectivity index is 1.45. The summed E-state index contributed by atoms with van der Waals surface area (Å²) in [6, 6.07) is 12.9. The van der Waals surface area contributed by atoms with E-state index < -0.39 is 12.0 Å². The van der Waals surface area contributed by atoms with E-state index in [1.165, 1.54) is 4.90 Å². The lowest BCUT2D eigenvalue weighted by molar-refractivity contribution is -0.139. The third-order valence-electron chi connectivity index (χ3n) is 5.30. The highest BCUT2D eigenvalue weighted by Crippen LogP contribution is 2.21. The topological polar surface area (TPSA) is 122 Å². The maximum Gasteiger partial charge on any atom is 0.407 e. The largest absolute Gasteiger partial charge is 0.465 e. The highest BCUT2D eigenvalue weighted by Gasteiger charge is 2.37. The molecule has 3 N–H and O–H groups in total. The van der Waals surface area contributed by atoms with Crippen LogP contribution in [-0.2, 0) is 11.3 Å². The summed E-state index contributed by atoms with van der Waals surface area (Å²) in [6.45, 7) is 0.921. The molecule has 9 heteroatoms. The maximum absolute atomic E-state index is 12.4. The van der Waals surface area contributed by atoms with Crippen LogP contribution >= 0.6 is 0 Å². The average Bonchev–Trinajstić information content (AvgIpc) is 3.11. The molecular formula is C21H21N5O4. The second kappa shape index (κ2) is 7.51. The minimum Gasteiger partial charge on any atom is -0.465 e. The van der Waals surface area contributed by atoms with E-state index in [-0.39, 0.29) is 24.9 Å². The average molecular weight is 407 g/mol. The van der Waals surface area contributed by atoms with Gasteiger partial charge in [-0.15, -0.1) is 0 Å². The number of nitrogens with two attached hydrogens (primary N) is 1. The molecule has 0 aliphatic carbocycles. The van der Waals surface area contributed by atoms with Crippen LogP contribution in [0.4, 0.5) is 4.79 Å². The standard InChI is InChI=1S/C21H21N5O4/c1-24(20(28)15-10-25(11-15)21(29)30)9-13-5-7-16(8-6-13)26-12-14-3-2-4-17(19(22)27)18(14)23-26/h2-8,12,15H,9-11H2,1H3,(H2,22,27)(H,29,30). The normalized spacial score (nSPS) is 13.8. The molecule has 1 aliphatic rings. The summed E-state index contributed by atoms with van der Waals surface area (Å²) in [5, 5.41) is 14.2. The van der Waals surface area contributed by atoms with Crippen molar-refractivity contribution in [2.45, 2.75) is 6.54 Å². The van der Waals surface area contributed by atoms with Crippen molar-refractivity contribution >= 4 is 28.8 Å². The molecule has 0 bridgehead atoms. The second-order valence-corrected chi connectivity index (χ2v) is 7.43. The van der Waals surface area contributed by atoms with Crippen LogP contribution < -0.4 is 5.73 Å². The molecule has 1 aromatic heterocycles. The zero-order chi connectivity index (χ0) is 21.4. The van der Waals surface area contributed by atoms with Crippen molar-refractivity contribution in [1.29, 1.82) is 0 Å². The van der Waals surface area contributed by atoms with E-state index in [0.29, 0.717) is 17.6 Å². The second-order valence-electron chi connectivity index (χ2n) is 7.43. The number of carbonyl (C=O) groups excluding carboxylic acids is 2. The first kappa shape index (κ1) is 19.4. The lowest BCUT2D eigenvalue weighted by Gasteiger charge is -2.37. The van der Waals surface area contributed by atoms with Gasteiger partial charge in [-0.2, -0.15) is 5.10 Å². The van der Waals surface area contributed by atoms with Crippen LogP contribution in [0.25, 0.3) is 16.6 Å². The first-order chi connectivity index (χ1) is 14.3. The SMILES string of the molecule is CN(Cc1ccc(-n2cc3cccc(C(N)=O)c3n2)cc1)C(=O)C1CN(C(=O)O)C1. The first-order valence-electron chi connectivity index (χ1n) is 9.44. The van der Waals surface area contributed by atoms with Gasteiger partial charge >= 0.3 is 6.09 Å². The van der Waals surface area contributed by atoms with Crippen molar-refractivity contribution in [3.05, 3.63) is 59.8 Å². The summed E-state index contributed by atoms with van der Waals surface area (Å²) in [4.78, 5) is 37.7. The fourth-order valence-corrected chi connectivity index (χ4v) is 3.59. The molecule has 154 valence electrons.